The van der Waals surface area contributed by atoms with Crippen molar-refractivity contribution in [1.29, 1.82) is 0 Å². The number of rotatable bonds is 3. The first-order valence-electron chi connectivity index (χ1n) is 5.69. The lowest BCUT2D eigenvalue weighted by Gasteiger charge is -2.07. The average molecular weight is 329 g/mol. The van der Waals surface area contributed by atoms with Crippen LogP contribution in [0.1, 0.15) is 10.4 Å². The molecule has 1 aromatic carbocycles. The fourth-order valence-electron chi connectivity index (χ4n) is 1.52. The second kappa shape index (κ2) is 6.55. The number of benzene rings is 1. The zero-order valence-corrected chi connectivity index (χ0v) is 12.3. The standard InChI is InChI=1S/C13H10ClFN2O3S/c1-20-11-6-21-5-8(11)12(18)17-13(19)16-7-2-3-10(15)9(14)4-7/h2-6H,1H3,(H2,16,17,18,19). The third kappa shape index (κ3) is 3.71. The lowest BCUT2D eigenvalue weighted by molar-refractivity contribution is 0.0965. The van der Waals surface area contributed by atoms with Crippen molar-refractivity contribution in [1.82, 2.24) is 5.32 Å². The van der Waals surface area contributed by atoms with Gasteiger partial charge in [-0.3, -0.25) is 10.1 Å². The Morgan fingerprint density at radius 1 is 1.33 bits per heavy atom. The van der Waals surface area contributed by atoms with Crippen LogP contribution in [0.2, 0.25) is 5.02 Å². The number of anilines is 1. The Hall–Kier alpha value is -2.12. The van der Waals surface area contributed by atoms with Gasteiger partial charge in [0.05, 0.1) is 17.7 Å². The van der Waals surface area contributed by atoms with Crippen molar-refractivity contribution in [2.45, 2.75) is 0 Å². The van der Waals surface area contributed by atoms with E-state index >= 15 is 0 Å². The maximum absolute atomic E-state index is 13.0. The molecule has 0 atom stereocenters. The first-order valence-corrected chi connectivity index (χ1v) is 7.01. The van der Waals surface area contributed by atoms with Crippen molar-refractivity contribution in [3.8, 4) is 5.75 Å². The number of carbonyl (C=O) groups is 2. The molecule has 0 aliphatic rings. The van der Waals surface area contributed by atoms with Gasteiger partial charge < -0.3 is 10.1 Å². The predicted octanol–water partition coefficient (Wildman–Crippen LogP) is 3.51. The summed E-state index contributed by atoms with van der Waals surface area (Å²) in [5.41, 5.74) is 0.527. The molecule has 0 radical (unpaired) electrons. The van der Waals surface area contributed by atoms with Gasteiger partial charge in [-0.25, -0.2) is 9.18 Å². The smallest absolute Gasteiger partial charge is 0.326 e. The van der Waals surface area contributed by atoms with Crippen molar-refractivity contribution in [3.05, 3.63) is 45.4 Å². The molecule has 2 aromatic rings. The zero-order valence-electron chi connectivity index (χ0n) is 10.8. The molecule has 0 unspecified atom stereocenters. The van der Waals surface area contributed by atoms with E-state index in [9.17, 15) is 14.0 Å². The van der Waals surface area contributed by atoms with Gasteiger partial charge >= 0.3 is 6.03 Å². The number of ether oxygens (including phenoxy) is 1. The molecule has 3 amide bonds. The second-order valence-electron chi connectivity index (χ2n) is 3.89. The summed E-state index contributed by atoms with van der Waals surface area (Å²) in [7, 11) is 1.43. The van der Waals surface area contributed by atoms with Gasteiger partial charge in [0.15, 0.2) is 0 Å². The van der Waals surface area contributed by atoms with Crippen LogP contribution in [0, 0.1) is 5.82 Å². The molecule has 0 spiro atoms. The van der Waals surface area contributed by atoms with E-state index in [-0.39, 0.29) is 16.3 Å². The maximum atomic E-state index is 13.0. The van der Waals surface area contributed by atoms with Crippen LogP contribution in [0.4, 0.5) is 14.9 Å². The van der Waals surface area contributed by atoms with Gasteiger partial charge in [-0.2, -0.15) is 0 Å². The van der Waals surface area contributed by atoms with Crippen LogP contribution < -0.4 is 15.4 Å². The number of hydrogen-bond acceptors (Lipinski definition) is 4. The molecule has 0 fully saturated rings. The SMILES string of the molecule is COc1cscc1C(=O)NC(=O)Nc1ccc(F)c(Cl)c1. The van der Waals surface area contributed by atoms with Crippen LogP contribution >= 0.6 is 22.9 Å². The van der Waals surface area contributed by atoms with E-state index in [4.69, 9.17) is 16.3 Å². The number of nitrogens with one attached hydrogen (secondary N) is 2. The highest BCUT2D eigenvalue weighted by Gasteiger charge is 2.16. The largest absolute Gasteiger partial charge is 0.495 e. The first-order chi connectivity index (χ1) is 10.0. The van der Waals surface area contributed by atoms with Crippen LogP contribution in [-0.4, -0.2) is 19.0 Å². The fourth-order valence-corrected chi connectivity index (χ4v) is 2.47. The number of imide groups is 1. The van der Waals surface area contributed by atoms with Gasteiger partial charge in [-0.15, -0.1) is 11.3 Å². The molecule has 0 saturated carbocycles. The van der Waals surface area contributed by atoms with E-state index in [0.717, 1.165) is 6.07 Å². The summed E-state index contributed by atoms with van der Waals surface area (Å²) in [6, 6.07) is 2.93. The molecule has 2 rings (SSSR count). The zero-order chi connectivity index (χ0) is 15.4. The topological polar surface area (TPSA) is 67.4 Å². The summed E-state index contributed by atoms with van der Waals surface area (Å²) < 4.78 is 18.0. The molecular formula is C13H10ClFN2O3S. The van der Waals surface area contributed by atoms with Crippen molar-refractivity contribution < 1.29 is 18.7 Å². The van der Waals surface area contributed by atoms with Gasteiger partial charge in [-0.1, -0.05) is 11.6 Å². The molecule has 0 saturated heterocycles. The maximum Gasteiger partial charge on any atom is 0.326 e. The monoisotopic (exact) mass is 328 g/mol. The average Bonchev–Trinajstić information content (AvgIpc) is 2.91. The van der Waals surface area contributed by atoms with E-state index in [0.29, 0.717) is 5.75 Å². The Kier molecular flexibility index (Phi) is 4.77. The third-order valence-electron chi connectivity index (χ3n) is 2.50. The highest BCUT2D eigenvalue weighted by molar-refractivity contribution is 7.08. The second-order valence-corrected chi connectivity index (χ2v) is 5.04. The van der Waals surface area contributed by atoms with E-state index in [1.807, 2.05) is 0 Å². The predicted molar refractivity (Wildman–Crippen MR) is 78.8 cm³/mol. The fraction of sp³-hybridized carbons (Fsp3) is 0.0769. The molecule has 1 heterocycles. The number of carbonyl (C=O) groups excluding carboxylic acids is 2. The van der Waals surface area contributed by atoms with Crippen LogP contribution in [0.25, 0.3) is 0 Å². The normalized spacial score (nSPS) is 10.0. The third-order valence-corrected chi connectivity index (χ3v) is 3.51. The van der Waals surface area contributed by atoms with Crippen LogP contribution in [-0.2, 0) is 0 Å². The molecule has 110 valence electrons. The molecule has 2 N–H and O–H groups in total. The quantitative estimate of drug-likeness (QED) is 0.906. The Labute approximate surface area is 128 Å². The highest BCUT2D eigenvalue weighted by Crippen LogP contribution is 2.23. The van der Waals surface area contributed by atoms with Gasteiger partial charge in [-0.05, 0) is 18.2 Å². The van der Waals surface area contributed by atoms with Gasteiger partial charge in [0.1, 0.15) is 11.6 Å². The highest BCUT2D eigenvalue weighted by atomic mass is 35.5. The molecule has 21 heavy (non-hydrogen) atoms. The van der Waals surface area contributed by atoms with E-state index in [1.54, 1.807) is 10.8 Å². The first kappa shape index (κ1) is 15.3. The molecule has 8 heteroatoms. The lowest BCUT2D eigenvalue weighted by atomic mass is 10.3. The Bertz CT molecular complexity index is 690. The van der Waals surface area contributed by atoms with Crippen molar-refractivity contribution in [3.63, 3.8) is 0 Å². The van der Waals surface area contributed by atoms with E-state index in [2.05, 4.69) is 10.6 Å². The Morgan fingerprint density at radius 2 is 2.10 bits per heavy atom. The van der Waals surface area contributed by atoms with Gasteiger partial charge in [0.2, 0.25) is 0 Å². The minimum absolute atomic E-state index is 0.126. The molecular weight excluding hydrogens is 319 g/mol. The number of hydrogen-bond donors (Lipinski definition) is 2. The van der Waals surface area contributed by atoms with Crippen LogP contribution in [0.5, 0.6) is 5.75 Å². The summed E-state index contributed by atoms with van der Waals surface area (Å²) >= 11 is 6.87. The van der Waals surface area contributed by atoms with Crippen molar-refractivity contribution in [2.75, 3.05) is 12.4 Å². The van der Waals surface area contributed by atoms with Crippen LogP contribution in [0.15, 0.2) is 29.0 Å². The number of amides is 3. The number of halogens is 2. The van der Waals surface area contributed by atoms with Gasteiger partial charge in [0, 0.05) is 16.4 Å². The molecule has 1 aromatic heterocycles. The summed E-state index contributed by atoms with van der Waals surface area (Å²) in [6.45, 7) is 0. The number of methoxy groups -OCH3 is 1. The Morgan fingerprint density at radius 3 is 2.76 bits per heavy atom. The summed E-state index contributed by atoms with van der Waals surface area (Å²) in [5.74, 6) is -0.810. The minimum Gasteiger partial charge on any atom is -0.495 e. The van der Waals surface area contributed by atoms with Crippen molar-refractivity contribution >= 4 is 40.6 Å². The van der Waals surface area contributed by atoms with Gasteiger partial charge in [0.25, 0.3) is 5.91 Å². The number of urea groups is 1. The Balaban J connectivity index is 2.01. The molecule has 0 bridgehead atoms. The molecule has 0 aliphatic heterocycles. The molecule has 5 nitrogen and oxygen atoms in total. The summed E-state index contributed by atoms with van der Waals surface area (Å²) in [5, 5.41) is 7.61. The number of thiophene rings is 1. The van der Waals surface area contributed by atoms with E-state index in [1.165, 1.54) is 30.6 Å². The minimum atomic E-state index is -0.754. The van der Waals surface area contributed by atoms with Crippen LogP contribution in [0.3, 0.4) is 0 Å². The molecule has 0 aliphatic carbocycles. The van der Waals surface area contributed by atoms with Crippen molar-refractivity contribution in [2.24, 2.45) is 0 Å². The lowest BCUT2D eigenvalue weighted by Crippen LogP contribution is -2.34. The summed E-state index contributed by atoms with van der Waals surface area (Å²) in [6.07, 6.45) is 0. The van der Waals surface area contributed by atoms with E-state index < -0.39 is 17.8 Å². The summed E-state index contributed by atoms with van der Waals surface area (Å²) in [4.78, 5) is 23.6.